The van der Waals surface area contributed by atoms with Crippen molar-refractivity contribution in [3.8, 4) is 17.0 Å². The number of ether oxygens (including phenoxy) is 1. The number of Topliss-reactive ketones (excluding diaryl/α,β-unsaturated/α-hetero) is 1. The van der Waals surface area contributed by atoms with Crippen LogP contribution in [0.1, 0.15) is 41.4 Å². The van der Waals surface area contributed by atoms with E-state index >= 15 is 0 Å². The number of hydrogen-bond donors (Lipinski definition) is 1. The molecule has 1 amide bonds. The fourth-order valence-electron chi connectivity index (χ4n) is 3.00. The maximum atomic E-state index is 12.4. The van der Waals surface area contributed by atoms with Gasteiger partial charge in [0.2, 0.25) is 5.91 Å². The number of nitrogens with zero attached hydrogens (tertiary/aromatic N) is 1. The molecule has 0 unspecified atom stereocenters. The number of nitrogens with one attached hydrogen (secondary N) is 1. The van der Waals surface area contributed by atoms with Gasteiger partial charge in [-0.15, -0.1) is 11.3 Å². The number of methoxy groups -OCH3 is 1. The van der Waals surface area contributed by atoms with Crippen molar-refractivity contribution in [1.82, 2.24) is 4.98 Å². The lowest BCUT2D eigenvalue weighted by Gasteiger charge is -2.04. The third-order valence-corrected chi connectivity index (χ3v) is 6.37. The Bertz CT molecular complexity index is 1080. The second-order valence-corrected chi connectivity index (χ2v) is 8.77. The molecule has 0 radical (unpaired) electrons. The molecule has 8 heteroatoms. The summed E-state index contributed by atoms with van der Waals surface area (Å²) in [6.07, 6.45) is 1.97. The predicted octanol–water partition coefficient (Wildman–Crippen LogP) is 6.68. The van der Waals surface area contributed by atoms with Gasteiger partial charge in [0.05, 0.1) is 22.8 Å². The molecular formula is C23H22Cl2N2O3S. The van der Waals surface area contributed by atoms with Crippen LogP contribution in [0.15, 0.2) is 42.5 Å². The van der Waals surface area contributed by atoms with E-state index in [9.17, 15) is 9.59 Å². The van der Waals surface area contributed by atoms with Gasteiger partial charge in [-0.1, -0.05) is 42.6 Å². The number of aromatic nitrogens is 1. The van der Waals surface area contributed by atoms with Crippen LogP contribution >= 0.6 is 34.5 Å². The molecule has 31 heavy (non-hydrogen) atoms. The van der Waals surface area contributed by atoms with Gasteiger partial charge in [-0.3, -0.25) is 9.59 Å². The monoisotopic (exact) mass is 476 g/mol. The number of amides is 1. The lowest BCUT2D eigenvalue weighted by Crippen LogP contribution is -2.13. The summed E-state index contributed by atoms with van der Waals surface area (Å²) < 4.78 is 5.09. The highest BCUT2D eigenvalue weighted by Crippen LogP contribution is 2.35. The van der Waals surface area contributed by atoms with Gasteiger partial charge in [0.1, 0.15) is 5.75 Å². The topological polar surface area (TPSA) is 68.3 Å². The first kappa shape index (κ1) is 23.3. The predicted molar refractivity (Wildman–Crippen MR) is 127 cm³/mol. The second-order valence-electron chi connectivity index (χ2n) is 6.87. The molecule has 5 nitrogen and oxygen atoms in total. The highest BCUT2D eigenvalue weighted by Gasteiger charge is 2.16. The summed E-state index contributed by atoms with van der Waals surface area (Å²) in [4.78, 5) is 30.4. The van der Waals surface area contributed by atoms with Crippen LogP contribution in [-0.2, 0) is 11.2 Å². The average molecular weight is 477 g/mol. The Balaban J connectivity index is 1.66. The Labute approximate surface area is 195 Å². The van der Waals surface area contributed by atoms with Crippen LogP contribution in [-0.4, -0.2) is 23.8 Å². The Kier molecular flexibility index (Phi) is 8.07. The highest BCUT2D eigenvalue weighted by molar-refractivity contribution is 7.16. The first-order chi connectivity index (χ1) is 14.9. The van der Waals surface area contributed by atoms with Crippen LogP contribution in [0.4, 0.5) is 5.13 Å². The van der Waals surface area contributed by atoms with E-state index in [0.29, 0.717) is 26.5 Å². The molecule has 3 aromatic rings. The molecular weight excluding hydrogens is 455 g/mol. The molecule has 162 valence electrons. The van der Waals surface area contributed by atoms with Crippen LogP contribution < -0.4 is 10.1 Å². The van der Waals surface area contributed by atoms with Crippen LogP contribution in [0.25, 0.3) is 11.3 Å². The van der Waals surface area contributed by atoms with E-state index < -0.39 is 0 Å². The van der Waals surface area contributed by atoms with Gasteiger partial charge in [0, 0.05) is 28.8 Å². The summed E-state index contributed by atoms with van der Waals surface area (Å²) >= 11 is 13.6. The minimum absolute atomic E-state index is 0.0790. The number of benzene rings is 2. The van der Waals surface area contributed by atoms with Crippen molar-refractivity contribution in [1.29, 1.82) is 0 Å². The van der Waals surface area contributed by atoms with E-state index in [0.717, 1.165) is 29.0 Å². The molecule has 0 atom stereocenters. The summed E-state index contributed by atoms with van der Waals surface area (Å²) in [6.45, 7) is 2.08. The molecule has 0 aliphatic carbocycles. The summed E-state index contributed by atoms with van der Waals surface area (Å²) in [5, 5.41) is 4.26. The molecule has 1 aromatic heterocycles. The maximum absolute atomic E-state index is 12.4. The smallest absolute Gasteiger partial charge is 0.226 e. The van der Waals surface area contributed by atoms with Gasteiger partial charge >= 0.3 is 0 Å². The number of carbonyl (C=O) groups excluding carboxylic acids is 2. The quantitative estimate of drug-likeness (QED) is 0.349. The maximum Gasteiger partial charge on any atom is 0.226 e. The Morgan fingerprint density at radius 3 is 2.45 bits per heavy atom. The molecule has 2 aromatic carbocycles. The van der Waals surface area contributed by atoms with Gasteiger partial charge in [0.25, 0.3) is 0 Å². The number of thiazole rings is 1. The molecule has 0 spiro atoms. The first-order valence-corrected chi connectivity index (χ1v) is 11.4. The van der Waals surface area contributed by atoms with Crippen molar-refractivity contribution in [3.05, 3.63) is 63.0 Å². The molecule has 0 bridgehead atoms. The van der Waals surface area contributed by atoms with E-state index in [1.54, 1.807) is 43.5 Å². The summed E-state index contributed by atoms with van der Waals surface area (Å²) in [7, 11) is 1.57. The molecule has 1 N–H and O–H groups in total. The van der Waals surface area contributed by atoms with Crippen molar-refractivity contribution in [2.24, 2.45) is 0 Å². The number of anilines is 1. The molecule has 0 aliphatic heterocycles. The Morgan fingerprint density at radius 2 is 1.81 bits per heavy atom. The van der Waals surface area contributed by atoms with Gasteiger partial charge in [-0.25, -0.2) is 4.98 Å². The van der Waals surface area contributed by atoms with Gasteiger partial charge in [0.15, 0.2) is 10.9 Å². The summed E-state index contributed by atoms with van der Waals surface area (Å²) in [5.41, 5.74) is 2.19. The van der Waals surface area contributed by atoms with E-state index in [1.165, 1.54) is 11.3 Å². The minimum atomic E-state index is -0.251. The van der Waals surface area contributed by atoms with E-state index in [2.05, 4.69) is 17.2 Å². The lowest BCUT2D eigenvalue weighted by atomic mass is 10.1. The van der Waals surface area contributed by atoms with E-state index in [1.807, 2.05) is 6.07 Å². The van der Waals surface area contributed by atoms with Crippen molar-refractivity contribution in [3.63, 3.8) is 0 Å². The molecule has 0 fully saturated rings. The fraction of sp³-hybridized carbons (Fsp3) is 0.261. The zero-order chi connectivity index (χ0) is 22.4. The van der Waals surface area contributed by atoms with Crippen molar-refractivity contribution < 1.29 is 14.3 Å². The largest absolute Gasteiger partial charge is 0.497 e. The standard InChI is InChI=1S/C23H22Cl2N2O3S/c1-3-4-20-22(15-7-10-17(24)18(25)13-15)27-23(31-20)26-21(29)12-11-19(28)14-5-8-16(30-2)9-6-14/h5-10,13H,3-4,11-12H2,1-2H3,(H,26,27,29). The highest BCUT2D eigenvalue weighted by atomic mass is 35.5. The fourth-order valence-corrected chi connectivity index (χ4v) is 4.40. The number of carbonyl (C=O) groups is 2. The van der Waals surface area contributed by atoms with Crippen LogP contribution in [0.3, 0.4) is 0 Å². The Morgan fingerprint density at radius 1 is 1.06 bits per heavy atom. The Hall–Kier alpha value is -2.41. The van der Waals surface area contributed by atoms with Crippen molar-refractivity contribution in [2.45, 2.75) is 32.6 Å². The van der Waals surface area contributed by atoms with Crippen molar-refractivity contribution in [2.75, 3.05) is 12.4 Å². The number of hydrogen-bond acceptors (Lipinski definition) is 5. The summed E-state index contributed by atoms with van der Waals surface area (Å²) in [6, 6.07) is 12.2. The third-order valence-electron chi connectivity index (χ3n) is 4.60. The number of rotatable bonds is 9. The van der Waals surface area contributed by atoms with Gasteiger partial charge < -0.3 is 10.1 Å². The van der Waals surface area contributed by atoms with Crippen LogP contribution in [0.5, 0.6) is 5.75 Å². The second kappa shape index (κ2) is 10.8. The van der Waals surface area contributed by atoms with Crippen molar-refractivity contribution >= 4 is 51.4 Å². The SMILES string of the molecule is CCCc1sc(NC(=O)CCC(=O)c2ccc(OC)cc2)nc1-c1ccc(Cl)c(Cl)c1. The first-order valence-electron chi connectivity index (χ1n) is 9.83. The molecule has 0 aliphatic rings. The van der Waals surface area contributed by atoms with Crippen LogP contribution in [0, 0.1) is 0 Å². The van der Waals surface area contributed by atoms with E-state index in [4.69, 9.17) is 27.9 Å². The third kappa shape index (κ3) is 6.06. The minimum Gasteiger partial charge on any atom is -0.497 e. The van der Waals surface area contributed by atoms with Gasteiger partial charge in [-0.05, 0) is 42.8 Å². The molecule has 0 saturated heterocycles. The molecule has 3 rings (SSSR count). The number of ketones is 1. The zero-order valence-corrected chi connectivity index (χ0v) is 19.5. The van der Waals surface area contributed by atoms with E-state index in [-0.39, 0.29) is 24.5 Å². The summed E-state index contributed by atoms with van der Waals surface area (Å²) in [5.74, 6) is 0.332. The number of halogens is 2. The molecule has 1 heterocycles. The molecule has 0 saturated carbocycles. The van der Waals surface area contributed by atoms with Crippen LogP contribution in [0.2, 0.25) is 10.0 Å². The van der Waals surface area contributed by atoms with Gasteiger partial charge in [-0.2, -0.15) is 0 Å². The normalized spacial score (nSPS) is 10.7. The lowest BCUT2D eigenvalue weighted by molar-refractivity contribution is -0.116. The zero-order valence-electron chi connectivity index (χ0n) is 17.2. The average Bonchev–Trinajstić information content (AvgIpc) is 3.16. The number of aryl methyl sites for hydroxylation is 1.